The first-order valence-corrected chi connectivity index (χ1v) is 5.98. The Morgan fingerprint density at radius 1 is 1.56 bits per heavy atom. The second kappa shape index (κ2) is 4.72. The van der Waals surface area contributed by atoms with E-state index in [1.165, 1.54) is 0 Å². The summed E-state index contributed by atoms with van der Waals surface area (Å²) in [6, 6.07) is 0. The van der Waals surface area contributed by atoms with Crippen LogP contribution < -0.4 is 10.6 Å². The molecule has 0 aromatic heterocycles. The number of hydrogen-bond donors (Lipinski definition) is 2. The molecule has 1 aliphatic heterocycles. The summed E-state index contributed by atoms with van der Waals surface area (Å²) in [5, 5.41) is 6.14. The maximum Gasteiger partial charge on any atom is 0.249 e. The van der Waals surface area contributed by atoms with Crippen molar-refractivity contribution in [2.24, 2.45) is 0 Å². The molecule has 0 aromatic rings. The smallest absolute Gasteiger partial charge is 0.249 e. The minimum absolute atomic E-state index is 0.0278. The summed E-state index contributed by atoms with van der Waals surface area (Å²) >= 11 is 0. The van der Waals surface area contributed by atoms with Gasteiger partial charge in [-0.1, -0.05) is 6.92 Å². The van der Waals surface area contributed by atoms with E-state index < -0.39 is 6.10 Å². The van der Waals surface area contributed by atoms with Crippen LogP contribution in [0.5, 0.6) is 0 Å². The van der Waals surface area contributed by atoms with Crippen molar-refractivity contribution < 1.29 is 9.53 Å². The molecule has 0 spiro atoms. The Hall–Kier alpha value is -0.610. The molecule has 94 valence electrons. The van der Waals surface area contributed by atoms with Gasteiger partial charge in [-0.25, -0.2) is 0 Å². The first-order chi connectivity index (χ1) is 7.28. The summed E-state index contributed by atoms with van der Waals surface area (Å²) in [5.41, 5.74) is -0.333. The number of ether oxygens (including phenoxy) is 1. The van der Waals surface area contributed by atoms with Gasteiger partial charge in [-0.05, 0) is 34.1 Å². The van der Waals surface area contributed by atoms with E-state index in [0.717, 1.165) is 19.5 Å². The van der Waals surface area contributed by atoms with Crippen molar-refractivity contribution in [1.29, 1.82) is 0 Å². The molecular formula is C12H24N2O2. The number of rotatable bonds is 5. The van der Waals surface area contributed by atoms with Crippen molar-refractivity contribution in [2.45, 2.75) is 58.3 Å². The first kappa shape index (κ1) is 13.5. The Morgan fingerprint density at radius 2 is 2.12 bits per heavy atom. The van der Waals surface area contributed by atoms with Gasteiger partial charge in [0.15, 0.2) is 0 Å². The highest BCUT2D eigenvalue weighted by Crippen LogP contribution is 2.18. The van der Waals surface area contributed by atoms with Gasteiger partial charge in [0.1, 0.15) is 6.10 Å². The van der Waals surface area contributed by atoms with E-state index in [9.17, 15) is 4.79 Å². The lowest BCUT2D eigenvalue weighted by Gasteiger charge is -2.41. The fourth-order valence-corrected chi connectivity index (χ4v) is 1.56. The molecular weight excluding hydrogens is 204 g/mol. The van der Waals surface area contributed by atoms with Gasteiger partial charge in [0.05, 0.1) is 5.60 Å². The normalized spacial score (nSPS) is 21.1. The third-order valence-corrected chi connectivity index (χ3v) is 3.17. The lowest BCUT2D eigenvalue weighted by atomic mass is 9.99. The van der Waals surface area contributed by atoms with Gasteiger partial charge in [0, 0.05) is 18.6 Å². The topological polar surface area (TPSA) is 50.4 Å². The summed E-state index contributed by atoms with van der Waals surface area (Å²) in [5.74, 6) is -0.0278. The Morgan fingerprint density at radius 3 is 2.50 bits per heavy atom. The van der Waals surface area contributed by atoms with Gasteiger partial charge < -0.3 is 15.4 Å². The Bertz CT molecular complexity index is 260. The van der Waals surface area contributed by atoms with Crippen molar-refractivity contribution in [3.63, 3.8) is 0 Å². The molecule has 1 unspecified atom stereocenters. The zero-order chi connectivity index (χ0) is 12.4. The second-order valence-corrected chi connectivity index (χ2v) is 5.54. The number of carbonyl (C=O) groups is 1. The molecule has 1 atom stereocenters. The van der Waals surface area contributed by atoms with Crippen LogP contribution in [-0.2, 0) is 9.53 Å². The van der Waals surface area contributed by atoms with Gasteiger partial charge in [-0.15, -0.1) is 0 Å². The predicted molar refractivity (Wildman–Crippen MR) is 64.3 cm³/mol. The number of hydrogen-bond acceptors (Lipinski definition) is 3. The predicted octanol–water partition coefficient (Wildman–Crippen LogP) is 1.06. The molecule has 0 radical (unpaired) electrons. The van der Waals surface area contributed by atoms with Crippen LogP contribution in [0.1, 0.15) is 41.0 Å². The molecule has 1 rings (SSSR count). The van der Waals surface area contributed by atoms with Crippen molar-refractivity contribution in [1.82, 2.24) is 10.6 Å². The third kappa shape index (κ3) is 3.46. The maximum atomic E-state index is 11.9. The van der Waals surface area contributed by atoms with Crippen molar-refractivity contribution >= 4 is 5.91 Å². The summed E-state index contributed by atoms with van der Waals surface area (Å²) in [6.45, 7) is 11.6. The molecule has 16 heavy (non-hydrogen) atoms. The van der Waals surface area contributed by atoms with Gasteiger partial charge >= 0.3 is 0 Å². The van der Waals surface area contributed by atoms with Crippen molar-refractivity contribution in [3.05, 3.63) is 0 Å². The van der Waals surface area contributed by atoms with Crippen LogP contribution in [0.3, 0.4) is 0 Å². The standard InChI is InChI=1S/C12H24N2O2/c1-6-11(3,4)14-10(15)9(2)16-12(5)7-13-8-12/h9,13H,6-8H2,1-5H3,(H,14,15). The molecule has 1 amide bonds. The lowest BCUT2D eigenvalue weighted by Crippen LogP contribution is -2.61. The molecule has 0 saturated carbocycles. The molecule has 1 fully saturated rings. The van der Waals surface area contributed by atoms with Crippen LogP contribution >= 0.6 is 0 Å². The van der Waals surface area contributed by atoms with E-state index in [4.69, 9.17) is 4.74 Å². The fourth-order valence-electron chi connectivity index (χ4n) is 1.56. The van der Waals surface area contributed by atoms with Crippen LogP contribution in [0.15, 0.2) is 0 Å². The molecule has 4 nitrogen and oxygen atoms in total. The Kier molecular flexibility index (Phi) is 3.97. The highest BCUT2D eigenvalue weighted by molar-refractivity contribution is 5.81. The Labute approximate surface area is 98.1 Å². The third-order valence-electron chi connectivity index (χ3n) is 3.17. The monoisotopic (exact) mass is 228 g/mol. The van der Waals surface area contributed by atoms with E-state index in [2.05, 4.69) is 17.6 Å². The van der Waals surface area contributed by atoms with Crippen LogP contribution in [0, 0.1) is 0 Å². The van der Waals surface area contributed by atoms with Gasteiger partial charge in [0.25, 0.3) is 0 Å². The van der Waals surface area contributed by atoms with Gasteiger partial charge in [-0.2, -0.15) is 0 Å². The molecule has 1 aliphatic rings. The van der Waals surface area contributed by atoms with E-state index in [1.807, 2.05) is 27.7 Å². The molecule has 0 aromatic carbocycles. The van der Waals surface area contributed by atoms with E-state index in [1.54, 1.807) is 0 Å². The van der Waals surface area contributed by atoms with Crippen LogP contribution in [-0.4, -0.2) is 36.2 Å². The minimum atomic E-state index is -0.391. The van der Waals surface area contributed by atoms with Crippen LogP contribution in [0.25, 0.3) is 0 Å². The average molecular weight is 228 g/mol. The highest BCUT2D eigenvalue weighted by Gasteiger charge is 2.36. The number of amides is 1. The molecule has 0 aliphatic carbocycles. The lowest BCUT2D eigenvalue weighted by molar-refractivity contribution is -0.151. The van der Waals surface area contributed by atoms with Crippen LogP contribution in [0.2, 0.25) is 0 Å². The van der Waals surface area contributed by atoms with E-state index in [0.29, 0.717) is 0 Å². The minimum Gasteiger partial charge on any atom is -0.360 e. The summed E-state index contributed by atoms with van der Waals surface area (Å²) in [7, 11) is 0. The van der Waals surface area contributed by atoms with Crippen molar-refractivity contribution in [3.8, 4) is 0 Å². The number of carbonyl (C=O) groups excluding carboxylic acids is 1. The van der Waals surface area contributed by atoms with E-state index >= 15 is 0 Å². The van der Waals surface area contributed by atoms with Gasteiger partial charge in [-0.3, -0.25) is 4.79 Å². The fraction of sp³-hybridized carbons (Fsp3) is 0.917. The number of nitrogens with one attached hydrogen (secondary N) is 2. The molecule has 0 bridgehead atoms. The van der Waals surface area contributed by atoms with E-state index in [-0.39, 0.29) is 17.0 Å². The zero-order valence-electron chi connectivity index (χ0n) is 11.0. The molecule has 1 saturated heterocycles. The highest BCUT2D eigenvalue weighted by atomic mass is 16.5. The van der Waals surface area contributed by atoms with Crippen LogP contribution in [0.4, 0.5) is 0 Å². The summed E-state index contributed by atoms with van der Waals surface area (Å²) in [6.07, 6.45) is 0.516. The Balaban J connectivity index is 2.41. The maximum absolute atomic E-state index is 11.9. The quantitative estimate of drug-likeness (QED) is 0.739. The van der Waals surface area contributed by atoms with Crippen molar-refractivity contribution in [2.75, 3.05) is 13.1 Å². The van der Waals surface area contributed by atoms with Gasteiger partial charge in [0.2, 0.25) is 5.91 Å². The largest absolute Gasteiger partial charge is 0.360 e. The first-order valence-electron chi connectivity index (χ1n) is 5.98. The molecule has 4 heteroatoms. The molecule has 1 heterocycles. The zero-order valence-corrected chi connectivity index (χ0v) is 11.0. The summed E-state index contributed by atoms with van der Waals surface area (Å²) < 4.78 is 5.75. The second-order valence-electron chi connectivity index (χ2n) is 5.54. The average Bonchev–Trinajstić information content (AvgIpc) is 2.14. The molecule has 2 N–H and O–H groups in total. The SMILES string of the molecule is CCC(C)(C)NC(=O)C(C)OC1(C)CNC1. The summed E-state index contributed by atoms with van der Waals surface area (Å²) in [4.78, 5) is 11.9.